The van der Waals surface area contributed by atoms with E-state index in [1.807, 2.05) is 17.4 Å². The van der Waals surface area contributed by atoms with Gasteiger partial charge < -0.3 is 15.5 Å². The van der Waals surface area contributed by atoms with Crippen molar-refractivity contribution in [2.75, 3.05) is 7.05 Å². The average Bonchev–Trinajstić information content (AvgIpc) is 2.31. The number of carboxylic acid groups (broad SMARTS) is 1. The van der Waals surface area contributed by atoms with E-state index >= 15 is 0 Å². The van der Waals surface area contributed by atoms with E-state index in [0.717, 1.165) is 12.8 Å². The largest absolute Gasteiger partial charge is 0.508 e. The van der Waals surface area contributed by atoms with Gasteiger partial charge in [-0.1, -0.05) is 26.0 Å². The number of amides is 1. The van der Waals surface area contributed by atoms with Gasteiger partial charge in [0.25, 0.3) is 0 Å². The molecule has 0 aliphatic heterocycles. The third-order valence-electron chi connectivity index (χ3n) is 2.54. The zero-order valence-corrected chi connectivity index (χ0v) is 10.6. The van der Waals surface area contributed by atoms with Crippen LogP contribution in [0.1, 0.15) is 38.2 Å². The zero-order valence-electron chi connectivity index (χ0n) is 10.6. The fraction of sp³-hybridized carbons (Fsp3) is 0.462. The lowest BCUT2D eigenvalue weighted by Crippen LogP contribution is -2.13. The van der Waals surface area contributed by atoms with Gasteiger partial charge in [0.05, 0.1) is 0 Å². The molecule has 17 heavy (non-hydrogen) atoms. The highest BCUT2D eigenvalue weighted by Gasteiger charge is 2.06. The Morgan fingerprint density at radius 3 is 2.24 bits per heavy atom. The van der Waals surface area contributed by atoms with Crippen LogP contribution >= 0.6 is 0 Å². The summed E-state index contributed by atoms with van der Waals surface area (Å²) >= 11 is 0. The van der Waals surface area contributed by atoms with E-state index in [1.54, 1.807) is 6.07 Å². The molecule has 96 valence electrons. The first-order valence-corrected chi connectivity index (χ1v) is 5.74. The van der Waals surface area contributed by atoms with Crippen molar-refractivity contribution in [3.63, 3.8) is 0 Å². The Hall–Kier alpha value is -1.71. The number of hydrogen-bond acceptors (Lipinski definition) is 2. The number of hydrogen-bond donors (Lipinski definition) is 3. The van der Waals surface area contributed by atoms with Crippen molar-refractivity contribution >= 4 is 6.09 Å². The SMILES string of the molecule is CCC(CC)c1cccc(O)c1.CNC(=O)O. The molecule has 4 heteroatoms. The van der Waals surface area contributed by atoms with Crippen molar-refractivity contribution in [2.45, 2.75) is 32.6 Å². The lowest BCUT2D eigenvalue weighted by Gasteiger charge is -2.12. The number of rotatable bonds is 3. The minimum Gasteiger partial charge on any atom is -0.508 e. The van der Waals surface area contributed by atoms with Gasteiger partial charge in [-0.3, -0.25) is 0 Å². The molecule has 0 aliphatic carbocycles. The molecular formula is C13H21NO3. The van der Waals surface area contributed by atoms with E-state index in [2.05, 4.69) is 19.9 Å². The van der Waals surface area contributed by atoms with Gasteiger partial charge in [-0.05, 0) is 36.5 Å². The van der Waals surface area contributed by atoms with E-state index < -0.39 is 6.09 Å². The summed E-state index contributed by atoms with van der Waals surface area (Å²) in [7, 11) is 1.35. The van der Waals surface area contributed by atoms with Crippen molar-refractivity contribution in [3.8, 4) is 5.75 Å². The summed E-state index contributed by atoms with van der Waals surface area (Å²) in [5.74, 6) is 0.969. The maximum Gasteiger partial charge on any atom is 0.404 e. The summed E-state index contributed by atoms with van der Waals surface area (Å²) in [6, 6.07) is 7.56. The van der Waals surface area contributed by atoms with E-state index in [1.165, 1.54) is 12.6 Å². The first-order valence-electron chi connectivity index (χ1n) is 5.74. The molecule has 0 saturated heterocycles. The van der Waals surface area contributed by atoms with Gasteiger partial charge in [0.1, 0.15) is 5.75 Å². The van der Waals surface area contributed by atoms with E-state index in [4.69, 9.17) is 5.11 Å². The van der Waals surface area contributed by atoms with Gasteiger partial charge in [0, 0.05) is 7.05 Å². The third kappa shape index (κ3) is 6.45. The van der Waals surface area contributed by atoms with Gasteiger partial charge in [0.2, 0.25) is 0 Å². The third-order valence-corrected chi connectivity index (χ3v) is 2.54. The van der Waals surface area contributed by atoms with Crippen LogP contribution < -0.4 is 5.32 Å². The summed E-state index contributed by atoms with van der Waals surface area (Å²) in [5, 5.41) is 18.8. The molecule has 0 atom stereocenters. The molecule has 3 N–H and O–H groups in total. The number of phenolic OH excluding ortho intramolecular Hbond substituents is 1. The van der Waals surface area contributed by atoms with Crippen LogP contribution in [-0.4, -0.2) is 23.4 Å². The van der Waals surface area contributed by atoms with Gasteiger partial charge in [-0.2, -0.15) is 0 Å². The number of benzene rings is 1. The Balaban J connectivity index is 0.000000437. The Labute approximate surface area is 102 Å². The molecule has 1 rings (SSSR count). The van der Waals surface area contributed by atoms with Gasteiger partial charge in [-0.15, -0.1) is 0 Å². The molecule has 4 nitrogen and oxygen atoms in total. The van der Waals surface area contributed by atoms with E-state index in [9.17, 15) is 9.90 Å². The van der Waals surface area contributed by atoms with Crippen molar-refractivity contribution in [2.24, 2.45) is 0 Å². The molecule has 0 aromatic heterocycles. The smallest absolute Gasteiger partial charge is 0.404 e. The van der Waals surface area contributed by atoms with E-state index in [-0.39, 0.29) is 0 Å². The topological polar surface area (TPSA) is 69.6 Å². The Bertz CT molecular complexity index is 335. The second-order valence-electron chi connectivity index (χ2n) is 3.66. The maximum absolute atomic E-state index is 9.26. The first kappa shape index (κ1) is 15.3. The highest BCUT2D eigenvalue weighted by Crippen LogP contribution is 2.25. The molecule has 1 aromatic rings. The van der Waals surface area contributed by atoms with Crippen molar-refractivity contribution in [3.05, 3.63) is 29.8 Å². The Morgan fingerprint density at radius 2 is 1.88 bits per heavy atom. The zero-order chi connectivity index (χ0) is 13.3. The van der Waals surface area contributed by atoms with Crippen LogP contribution in [0.3, 0.4) is 0 Å². The number of aromatic hydroxyl groups is 1. The van der Waals surface area contributed by atoms with Gasteiger partial charge >= 0.3 is 6.09 Å². The predicted molar refractivity (Wildman–Crippen MR) is 68.5 cm³/mol. The second kappa shape index (κ2) is 8.44. The normalized spacial score (nSPS) is 9.41. The summed E-state index contributed by atoms with van der Waals surface area (Å²) in [4.78, 5) is 9.26. The van der Waals surface area contributed by atoms with Crippen LogP contribution in [0.5, 0.6) is 5.75 Å². The lowest BCUT2D eigenvalue weighted by molar-refractivity contribution is 0.197. The molecule has 0 bridgehead atoms. The molecule has 1 aromatic carbocycles. The van der Waals surface area contributed by atoms with Crippen LogP contribution in [0.2, 0.25) is 0 Å². The van der Waals surface area contributed by atoms with Crippen LogP contribution in [-0.2, 0) is 0 Å². The monoisotopic (exact) mass is 239 g/mol. The molecule has 0 fully saturated rings. The van der Waals surface area contributed by atoms with Gasteiger partial charge in [-0.25, -0.2) is 4.79 Å². The Morgan fingerprint density at radius 1 is 1.35 bits per heavy atom. The molecule has 0 spiro atoms. The summed E-state index contributed by atoms with van der Waals surface area (Å²) < 4.78 is 0. The van der Waals surface area contributed by atoms with Crippen molar-refractivity contribution < 1.29 is 15.0 Å². The molecule has 0 saturated carbocycles. The Kier molecular flexibility index (Phi) is 7.59. The maximum atomic E-state index is 9.26. The molecule has 0 radical (unpaired) electrons. The molecule has 0 heterocycles. The number of nitrogens with one attached hydrogen (secondary N) is 1. The summed E-state index contributed by atoms with van der Waals surface area (Å²) in [6.07, 6.45) is 1.28. The van der Waals surface area contributed by atoms with Crippen molar-refractivity contribution in [1.29, 1.82) is 0 Å². The minimum atomic E-state index is -0.995. The molecule has 0 aliphatic rings. The quantitative estimate of drug-likeness (QED) is 0.758. The fourth-order valence-electron chi connectivity index (χ4n) is 1.54. The number of phenols is 1. The molecule has 1 amide bonds. The predicted octanol–water partition coefficient (Wildman–Crippen LogP) is 3.18. The average molecular weight is 239 g/mol. The molecular weight excluding hydrogens is 218 g/mol. The standard InChI is InChI=1S/C11H16O.C2H5NO2/c1-3-9(4-2)10-6-5-7-11(12)8-10;1-3-2(4)5/h5-9,12H,3-4H2,1-2H3;3H,1H3,(H,4,5). The van der Waals surface area contributed by atoms with Crippen LogP contribution in [0, 0.1) is 0 Å². The lowest BCUT2D eigenvalue weighted by atomic mass is 9.94. The summed E-state index contributed by atoms with van der Waals surface area (Å²) in [5.41, 5.74) is 1.25. The van der Waals surface area contributed by atoms with Crippen LogP contribution in [0.15, 0.2) is 24.3 Å². The summed E-state index contributed by atoms with van der Waals surface area (Å²) in [6.45, 7) is 4.36. The van der Waals surface area contributed by atoms with Crippen molar-refractivity contribution in [1.82, 2.24) is 5.32 Å². The minimum absolute atomic E-state index is 0.374. The highest BCUT2D eigenvalue weighted by atomic mass is 16.4. The fourth-order valence-corrected chi connectivity index (χ4v) is 1.54. The highest BCUT2D eigenvalue weighted by molar-refractivity contribution is 5.63. The first-order chi connectivity index (χ1) is 8.04. The van der Waals surface area contributed by atoms with Crippen LogP contribution in [0.4, 0.5) is 4.79 Å². The molecule has 0 unspecified atom stereocenters. The second-order valence-corrected chi connectivity index (χ2v) is 3.66. The van der Waals surface area contributed by atoms with Crippen LogP contribution in [0.25, 0.3) is 0 Å². The number of carbonyl (C=O) groups is 1. The van der Waals surface area contributed by atoms with E-state index in [0.29, 0.717) is 11.7 Å². The van der Waals surface area contributed by atoms with Gasteiger partial charge in [0.15, 0.2) is 0 Å².